The van der Waals surface area contributed by atoms with Crippen molar-refractivity contribution in [3.63, 3.8) is 0 Å². The van der Waals surface area contributed by atoms with E-state index >= 15 is 0 Å². The van der Waals surface area contributed by atoms with Crippen LogP contribution in [-0.2, 0) is 17.8 Å². The van der Waals surface area contributed by atoms with Crippen LogP contribution in [0.4, 0.5) is 0 Å². The van der Waals surface area contributed by atoms with Gasteiger partial charge in [0.1, 0.15) is 0 Å². The quantitative estimate of drug-likeness (QED) is 0.881. The standard InChI is InChI=1S/C21H27N3O/c1-17-15-24(16-18-7-3-2-4-8-18)14-12-20(17)23-21(25)11-10-19-9-5-6-13-22-19/h2-9,13,17,20H,10-12,14-16H2,1H3,(H,23,25)/t17-,20+/m0/s1. The number of nitrogens with one attached hydrogen (secondary N) is 1. The van der Waals surface area contributed by atoms with Gasteiger partial charge in [-0.15, -0.1) is 0 Å². The van der Waals surface area contributed by atoms with Crippen molar-refractivity contribution in [2.75, 3.05) is 13.1 Å². The summed E-state index contributed by atoms with van der Waals surface area (Å²) in [5.74, 6) is 0.607. The highest BCUT2D eigenvalue weighted by Gasteiger charge is 2.27. The molecular weight excluding hydrogens is 310 g/mol. The molecule has 1 aromatic carbocycles. The molecule has 25 heavy (non-hydrogen) atoms. The minimum Gasteiger partial charge on any atom is -0.353 e. The second kappa shape index (κ2) is 8.77. The SMILES string of the molecule is C[C@H]1CN(Cc2ccccc2)CC[C@H]1NC(=O)CCc1ccccn1. The topological polar surface area (TPSA) is 45.2 Å². The van der Waals surface area contributed by atoms with Crippen LogP contribution in [0, 0.1) is 5.92 Å². The molecule has 0 unspecified atom stereocenters. The first-order valence-corrected chi connectivity index (χ1v) is 9.16. The van der Waals surface area contributed by atoms with Gasteiger partial charge in [0.05, 0.1) is 0 Å². The molecule has 4 heteroatoms. The number of hydrogen-bond donors (Lipinski definition) is 1. The van der Waals surface area contributed by atoms with Crippen molar-refractivity contribution in [1.29, 1.82) is 0 Å². The van der Waals surface area contributed by atoms with Crippen LogP contribution in [0.2, 0.25) is 0 Å². The summed E-state index contributed by atoms with van der Waals surface area (Å²) in [6.45, 7) is 5.29. The number of benzene rings is 1. The second-order valence-corrected chi connectivity index (χ2v) is 6.98. The summed E-state index contributed by atoms with van der Waals surface area (Å²) >= 11 is 0. The van der Waals surface area contributed by atoms with Gasteiger partial charge in [0, 0.05) is 44.0 Å². The number of aryl methyl sites for hydroxylation is 1. The van der Waals surface area contributed by atoms with Crippen molar-refractivity contribution < 1.29 is 4.79 Å². The van der Waals surface area contributed by atoms with Crippen molar-refractivity contribution in [2.24, 2.45) is 5.92 Å². The molecule has 0 bridgehead atoms. The van der Waals surface area contributed by atoms with E-state index in [-0.39, 0.29) is 11.9 Å². The van der Waals surface area contributed by atoms with Gasteiger partial charge < -0.3 is 5.32 Å². The first kappa shape index (κ1) is 17.6. The van der Waals surface area contributed by atoms with E-state index in [4.69, 9.17) is 0 Å². The number of rotatable bonds is 6. The monoisotopic (exact) mass is 337 g/mol. The average Bonchev–Trinajstić information content (AvgIpc) is 2.64. The van der Waals surface area contributed by atoms with E-state index in [2.05, 4.69) is 52.5 Å². The highest BCUT2D eigenvalue weighted by molar-refractivity contribution is 5.76. The maximum Gasteiger partial charge on any atom is 0.220 e. The van der Waals surface area contributed by atoms with Crippen LogP contribution in [-0.4, -0.2) is 34.9 Å². The number of carbonyl (C=O) groups is 1. The smallest absolute Gasteiger partial charge is 0.220 e. The van der Waals surface area contributed by atoms with E-state index in [1.807, 2.05) is 18.2 Å². The van der Waals surface area contributed by atoms with Gasteiger partial charge in [0.25, 0.3) is 0 Å². The van der Waals surface area contributed by atoms with Crippen molar-refractivity contribution in [1.82, 2.24) is 15.2 Å². The molecule has 0 saturated carbocycles. The minimum absolute atomic E-state index is 0.138. The molecule has 1 aliphatic rings. The highest BCUT2D eigenvalue weighted by atomic mass is 16.1. The van der Waals surface area contributed by atoms with E-state index in [1.165, 1.54) is 5.56 Å². The molecule has 1 N–H and O–H groups in total. The predicted octanol–water partition coefficient (Wildman–Crippen LogP) is 3.04. The molecule has 4 nitrogen and oxygen atoms in total. The van der Waals surface area contributed by atoms with Crippen molar-refractivity contribution >= 4 is 5.91 Å². The molecule has 0 spiro atoms. The molecule has 1 fully saturated rings. The number of amides is 1. The number of piperidine rings is 1. The molecule has 1 saturated heterocycles. The first-order valence-electron chi connectivity index (χ1n) is 9.16. The number of nitrogens with zero attached hydrogens (tertiary/aromatic N) is 2. The molecule has 2 heterocycles. The summed E-state index contributed by atoms with van der Waals surface area (Å²) in [5, 5.41) is 3.23. The normalized spacial score (nSPS) is 21.0. The maximum atomic E-state index is 12.3. The Balaban J connectivity index is 1.43. The van der Waals surface area contributed by atoms with Gasteiger partial charge in [-0.2, -0.15) is 0 Å². The Kier molecular flexibility index (Phi) is 6.18. The second-order valence-electron chi connectivity index (χ2n) is 6.98. The predicted molar refractivity (Wildman–Crippen MR) is 100.0 cm³/mol. The number of hydrogen-bond acceptors (Lipinski definition) is 3. The summed E-state index contributed by atoms with van der Waals surface area (Å²) in [6.07, 6.45) is 4.00. The Bertz CT molecular complexity index is 659. The van der Waals surface area contributed by atoms with Gasteiger partial charge in [0.2, 0.25) is 5.91 Å². The molecule has 1 aromatic heterocycles. The van der Waals surface area contributed by atoms with Crippen LogP contribution in [0.15, 0.2) is 54.7 Å². The third-order valence-corrected chi connectivity index (χ3v) is 4.92. The molecule has 0 aliphatic carbocycles. The third-order valence-electron chi connectivity index (χ3n) is 4.92. The minimum atomic E-state index is 0.138. The van der Waals surface area contributed by atoms with Crippen LogP contribution in [0.5, 0.6) is 0 Å². The molecule has 2 atom stereocenters. The van der Waals surface area contributed by atoms with Gasteiger partial charge in [-0.1, -0.05) is 43.3 Å². The Labute approximate surface area is 150 Å². The maximum absolute atomic E-state index is 12.3. The lowest BCUT2D eigenvalue weighted by Crippen LogP contribution is -2.49. The molecular formula is C21H27N3O. The van der Waals surface area contributed by atoms with E-state index < -0.39 is 0 Å². The molecule has 132 valence electrons. The van der Waals surface area contributed by atoms with E-state index in [9.17, 15) is 4.79 Å². The van der Waals surface area contributed by atoms with Crippen molar-refractivity contribution in [2.45, 2.75) is 38.8 Å². The third kappa shape index (κ3) is 5.40. The van der Waals surface area contributed by atoms with E-state index in [0.717, 1.165) is 31.7 Å². The van der Waals surface area contributed by atoms with Crippen molar-refractivity contribution in [3.8, 4) is 0 Å². The Morgan fingerprint density at radius 3 is 2.72 bits per heavy atom. The zero-order valence-electron chi connectivity index (χ0n) is 14.9. The first-order chi connectivity index (χ1) is 12.2. The van der Waals surface area contributed by atoms with Crippen LogP contribution in [0.1, 0.15) is 31.0 Å². The molecule has 1 amide bonds. The Morgan fingerprint density at radius 1 is 1.20 bits per heavy atom. The van der Waals surface area contributed by atoms with Gasteiger partial charge >= 0.3 is 0 Å². The van der Waals surface area contributed by atoms with Gasteiger partial charge in [-0.3, -0.25) is 14.7 Å². The molecule has 3 rings (SSSR count). The Hall–Kier alpha value is -2.20. The number of pyridine rings is 1. The van der Waals surface area contributed by atoms with Gasteiger partial charge in [-0.25, -0.2) is 0 Å². The summed E-state index contributed by atoms with van der Waals surface area (Å²) < 4.78 is 0. The molecule has 0 radical (unpaired) electrons. The van der Waals surface area contributed by atoms with Gasteiger partial charge in [-0.05, 0) is 36.5 Å². The number of aromatic nitrogens is 1. The van der Waals surface area contributed by atoms with E-state index in [1.54, 1.807) is 6.20 Å². The largest absolute Gasteiger partial charge is 0.353 e. The van der Waals surface area contributed by atoms with Gasteiger partial charge in [0.15, 0.2) is 0 Å². The van der Waals surface area contributed by atoms with Crippen LogP contribution >= 0.6 is 0 Å². The summed E-state index contributed by atoms with van der Waals surface area (Å²) in [5.41, 5.74) is 2.33. The fourth-order valence-corrected chi connectivity index (χ4v) is 3.50. The highest BCUT2D eigenvalue weighted by Crippen LogP contribution is 2.19. The summed E-state index contributed by atoms with van der Waals surface area (Å²) in [4.78, 5) is 19.0. The molecule has 1 aliphatic heterocycles. The van der Waals surface area contributed by atoms with Crippen LogP contribution < -0.4 is 5.32 Å². The lowest BCUT2D eigenvalue weighted by atomic mass is 9.93. The molecule has 2 aromatic rings. The van der Waals surface area contributed by atoms with Crippen LogP contribution in [0.3, 0.4) is 0 Å². The zero-order chi connectivity index (χ0) is 17.5. The Morgan fingerprint density at radius 2 is 2.00 bits per heavy atom. The number of likely N-dealkylation sites (tertiary alicyclic amines) is 1. The van der Waals surface area contributed by atoms with E-state index in [0.29, 0.717) is 18.8 Å². The fraction of sp³-hybridized carbons (Fsp3) is 0.429. The number of carbonyl (C=O) groups excluding carboxylic acids is 1. The fourth-order valence-electron chi connectivity index (χ4n) is 3.50. The lowest BCUT2D eigenvalue weighted by molar-refractivity contribution is -0.122. The van der Waals surface area contributed by atoms with Crippen LogP contribution in [0.25, 0.3) is 0 Å². The average molecular weight is 337 g/mol. The summed E-state index contributed by atoms with van der Waals surface area (Å²) in [6, 6.07) is 16.7. The summed E-state index contributed by atoms with van der Waals surface area (Å²) in [7, 11) is 0. The lowest BCUT2D eigenvalue weighted by Gasteiger charge is -2.37. The van der Waals surface area contributed by atoms with Crippen molar-refractivity contribution in [3.05, 3.63) is 66.0 Å². The zero-order valence-corrected chi connectivity index (χ0v) is 14.9.